The molecule has 1 aliphatic rings. The highest BCUT2D eigenvalue weighted by Gasteiger charge is 2.19. The fraction of sp³-hybridized carbons (Fsp3) is 0.571. The van der Waals surface area contributed by atoms with Crippen LogP contribution in [0, 0.1) is 12.7 Å². The Bertz CT molecular complexity index is 391. The van der Waals surface area contributed by atoms with Crippen LogP contribution >= 0.6 is 0 Å². The van der Waals surface area contributed by atoms with Gasteiger partial charge in [0.05, 0.1) is 6.10 Å². The van der Waals surface area contributed by atoms with E-state index in [0.717, 1.165) is 43.4 Å². The van der Waals surface area contributed by atoms with Gasteiger partial charge in [0.25, 0.3) is 0 Å². The molecule has 0 spiro atoms. The number of hydrogen-bond acceptors (Lipinski definition) is 3. The predicted molar refractivity (Wildman–Crippen MR) is 69.4 cm³/mol. The Balaban J connectivity index is 1.98. The van der Waals surface area contributed by atoms with Gasteiger partial charge in [-0.1, -0.05) is 6.07 Å². The number of hydrogen-bond donors (Lipinski definition) is 2. The molecular weight excluding hydrogens is 231 g/mol. The molecule has 0 aromatic heterocycles. The van der Waals surface area contributed by atoms with Gasteiger partial charge >= 0.3 is 0 Å². The minimum Gasteiger partial charge on any atom is -0.378 e. The van der Waals surface area contributed by atoms with Crippen molar-refractivity contribution in [1.29, 1.82) is 0 Å². The third kappa shape index (κ3) is 3.28. The van der Waals surface area contributed by atoms with E-state index in [2.05, 4.69) is 5.43 Å². The van der Waals surface area contributed by atoms with E-state index in [1.807, 2.05) is 13.0 Å². The highest BCUT2D eigenvalue weighted by Crippen LogP contribution is 2.25. The standard InChI is InChI=1S/C14H21FN2O/c1-10-9-11(15)4-6-13(10)14(17-16)7-5-12-3-2-8-18-12/h4,6,9,12,14,17H,2-3,5,7-8,16H2,1H3. The molecule has 0 saturated carbocycles. The summed E-state index contributed by atoms with van der Waals surface area (Å²) in [5, 5.41) is 0. The van der Waals surface area contributed by atoms with Gasteiger partial charge in [-0.2, -0.15) is 0 Å². The molecule has 0 radical (unpaired) electrons. The highest BCUT2D eigenvalue weighted by molar-refractivity contribution is 5.29. The average molecular weight is 252 g/mol. The van der Waals surface area contributed by atoms with Crippen LogP contribution in [0.2, 0.25) is 0 Å². The lowest BCUT2D eigenvalue weighted by molar-refractivity contribution is 0.0996. The first kappa shape index (κ1) is 13.5. The first-order chi connectivity index (χ1) is 8.70. The number of nitrogens with one attached hydrogen (secondary N) is 1. The number of benzene rings is 1. The van der Waals surface area contributed by atoms with E-state index >= 15 is 0 Å². The lowest BCUT2D eigenvalue weighted by Crippen LogP contribution is -2.29. The van der Waals surface area contributed by atoms with Crippen LogP contribution in [0.3, 0.4) is 0 Å². The summed E-state index contributed by atoms with van der Waals surface area (Å²) >= 11 is 0. The molecular formula is C14H21FN2O. The molecule has 1 aromatic rings. The van der Waals surface area contributed by atoms with Gasteiger partial charge in [0.15, 0.2) is 0 Å². The lowest BCUT2D eigenvalue weighted by Gasteiger charge is -2.20. The van der Waals surface area contributed by atoms with Crippen molar-refractivity contribution in [3.8, 4) is 0 Å². The molecule has 1 fully saturated rings. The number of hydrazine groups is 1. The summed E-state index contributed by atoms with van der Waals surface area (Å²) in [7, 11) is 0. The van der Waals surface area contributed by atoms with Crippen molar-refractivity contribution in [3.63, 3.8) is 0 Å². The largest absolute Gasteiger partial charge is 0.378 e. The van der Waals surface area contributed by atoms with E-state index in [0.29, 0.717) is 6.10 Å². The Kier molecular flexibility index (Phi) is 4.69. The van der Waals surface area contributed by atoms with Crippen molar-refractivity contribution in [2.24, 2.45) is 5.84 Å². The van der Waals surface area contributed by atoms with Gasteiger partial charge < -0.3 is 4.74 Å². The molecule has 100 valence electrons. The van der Waals surface area contributed by atoms with Gasteiger partial charge in [-0.05, 0) is 55.9 Å². The van der Waals surface area contributed by atoms with Crippen LogP contribution in [0.25, 0.3) is 0 Å². The van der Waals surface area contributed by atoms with Gasteiger partial charge in [0, 0.05) is 12.6 Å². The molecule has 1 heterocycles. The normalized spacial score (nSPS) is 21.2. The Morgan fingerprint density at radius 2 is 2.39 bits per heavy atom. The Morgan fingerprint density at radius 3 is 3.00 bits per heavy atom. The molecule has 18 heavy (non-hydrogen) atoms. The fourth-order valence-electron chi connectivity index (χ4n) is 2.58. The van der Waals surface area contributed by atoms with Crippen LogP contribution in [-0.2, 0) is 4.74 Å². The van der Waals surface area contributed by atoms with Crippen LogP contribution in [0.15, 0.2) is 18.2 Å². The summed E-state index contributed by atoms with van der Waals surface area (Å²) in [6.45, 7) is 2.79. The Hall–Kier alpha value is -0.970. The Labute approximate surface area is 107 Å². The highest BCUT2D eigenvalue weighted by atomic mass is 19.1. The molecule has 1 aliphatic heterocycles. The maximum atomic E-state index is 13.1. The summed E-state index contributed by atoms with van der Waals surface area (Å²) in [6, 6.07) is 4.91. The average Bonchev–Trinajstić information content (AvgIpc) is 2.85. The zero-order valence-electron chi connectivity index (χ0n) is 10.8. The monoisotopic (exact) mass is 252 g/mol. The second-order valence-electron chi connectivity index (χ2n) is 4.93. The van der Waals surface area contributed by atoms with E-state index in [1.165, 1.54) is 6.07 Å². The lowest BCUT2D eigenvalue weighted by atomic mass is 9.96. The minimum absolute atomic E-state index is 0.0646. The molecule has 3 nitrogen and oxygen atoms in total. The number of ether oxygens (including phenoxy) is 1. The number of aryl methyl sites for hydroxylation is 1. The van der Waals surface area contributed by atoms with Crippen LogP contribution in [0.4, 0.5) is 4.39 Å². The SMILES string of the molecule is Cc1cc(F)ccc1C(CCC1CCCO1)NN. The molecule has 1 saturated heterocycles. The molecule has 3 N–H and O–H groups in total. The predicted octanol–water partition coefficient (Wildman–Crippen LogP) is 2.60. The van der Waals surface area contributed by atoms with E-state index in [9.17, 15) is 4.39 Å². The minimum atomic E-state index is -0.203. The second-order valence-corrected chi connectivity index (χ2v) is 4.93. The summed E-state index contributed by atoms with van der Waals surface area (Å²) in [6.07, 6.45) is 4.56. The molecule has 1 aromatic carbocycles. The van der Waals surface area contributed by atoms with Crippen LogP contribution in [0.1, 0.15) is 42.9 Å². The van der Waals surface area contributed by atoms with Crippen molar-refractivity contribution in [2.45, 2.75) is 44.8 Å². The molecule has 4 heteroatoms. The summed E-state index contributed by atoms with van der Waals surface area (Å²) < 4.78 is 18.7. The summed E-state index contributed by atoms with van der Waals surface area (Å²) in [4.78, 5) is 0. The van der Waals surface area contributed by atoms with Gasteiger partial charge in [-0.25, -0.2) is 4.39 Å². The van der Waals surface area contributed by atoms with E-state index < -0.39 is 0 Å². The Morgan fingerprint density at radius 1 is 1.56 bits per heavy atom. The molecule has 0 aliphatic carbocycles. The maximum absolute atomic E-state index is 13.1. The molecule has 0 amide bonds. The van der Waals surface area contributed by atoms with Crippen molar-refractivity contribution in [1.82, 2.24) is 5.43 Å². The van der Waals surface area contributed by atoms with Crippen molar-refractivity contribution in [2.75, 3.05) is 6.61 Å². The first-order valence-electron chi connectivity index (χ1n) is 6.54. The third-order valence-corrected chi connectivity index (χ3v) is 3.61. The molecule has 2 atom stereocenters. The van der Waals surface area contributed by atoms with Gasteiger partial charge in [0.2, 0.25) is 0 Å². The quantitative estimate of drug-likeness (QED) is 0.625. The first-order valence-corrected chi connectivity index (χ1v) is 6.54. The molecule has 2 rings (SSSR count). The second kappa shape index (κ2) is 6.27. The van der Waals surface area contributed by atoms with Crippen LogP contribution < -0.4 is 11.3 Å². The molecule has 2 unspecified atom stereocenters. The third-order valence-electron chi connectivity index (χ3n) is 3.61. The van der Waals surface area contributed by atoms with Crippen LogP contribution in [-0.4, -0.2) is 12.7 Å². The van der Waals surface area contributed by atoms with Crippen molar-refractivity contribution < 1.29 is 9.13 Å². The van der Waals surface area contributed by atoms with Gasteiger partial charge in [-0.15, -0.1) is 0 Å². The zero-order valence-corrected chi connectivity index (χ0v) is 10.8. The van der Waals surface area contributed by atoms with Crippen LogP contribution in [0.5, 0.6) is 0 Å². The van der Waals surface area contributed by atoms with E-state index in [4.69, 9.17) is 10.6 Å². The fourth-order valence-corrected chi connectivity index (χ4v) is 2.58. The molecule has 0 bridgehead atoms. The topological polar surface area (TPSA) is 47.3 Å². The zero-order chi connectivity index (χ0) is 13.0. The van der Waals surface area contributed by atoms with Crippen molar-refractivity contribution in [3.05, 3.63) is 35.1 Å². The van der Waals surface area contributed by atoms with E-state index in [1.54, 1.807) is 6.07 Å². The maximum Gasteiger partial charge on any atom is 0.123 e. The number of halogens is 1. The van der Waals surface area contributed by atoms with Crippen molar-refractivity contribution >= 4 is 0 Å². The number of nitrogens with two attached hydrogens (primary N) is 1. The van der Waals surface area contributed by atoms with Gasteiger partial charge in [0.1, 0.15) is 5.82 Å². The smallest absolute Gasteiger partial charge is 0.123 e. The van der Waals surface area contributed by atoms with E-state index in [-0.39, 0.29) is 11.9 Å². The van der Waals surface area contributed by atoms with Gasteiger partial charge in [-0.3, -0.25) is 11.3 Å². The number of rotatable bonds is 5. The summed E-state index contributed by atoms with van der Waals surface area (Å²) in [5.74, 6) is 5.41. The summed E-state index contributed by atoms with van der Waals surface area (Å²) in [5.41, 5.74) is 4.83.